The molecule has 0 spiro atoms. The first kappa shape index (κ1) is 13.1. The van der Waals surface area contributed by atoms with Crippen LogP contribution < -0.4 is 0 Å². The summed E-state index contributed by atoms with van der Waals surface area (Å²) in [6, 6.07) is 11.9. The third-order valence-corrected chi connectivity index (χ3v) is 5.21. The van der Waals surface area contributed by atoms with Gasteiger partial charge >= 0.3 is 0 Å². The molecule has 114 valence electrons. The lowest BCUT2D eigenvalue weighted by Crippen LogP contribution is -2.56. The maximum Gasteiger partial charge on any atom is 0.271 e. The molecule has 2 aliphatic heterocycles. The van der Waals surface area contributed by atoms with Crippen molar-refractivity contribution < 1.29 is 4.79 Å². The van der Waals surface area contributed by atoms with E-state index in [1.165, 1.54) is 0 Å². The quantitative estimate of drug-likeness (QED) is 0.686. The van der Waals surface area contributed by atoms with E-state index in [1.54, 1.807) is 6.20 Å². The number of nitrogens with zero attached hydrogens (tertiary/aromatic N) is 3. The van der Waals surface area contributed by atoms with Crippen LogP contribution in [0.15, 0.2) is 42.6 Å². The largest absolute Gasteiger partial charge is 0.333 e. The minimum Gasteiger partial charge on any atom is -0.333 e. The molecule has 0 radical (unpaired) electrons. The van der Waals surface area contributed by atoms with Crippen LogP contribution in [0.5, 0.6) is 0 Å². The van der Waals surface area contributed by atoms with Gasteiger partial charge in [0.05, 0.1) is 17.1 Å². The second kappa shape index (κ2) is 4.59. The lowest BCUT2D eigenvalue weighted by molar-refractivity contribution is 0.0340. The molecular weight excluding hydrogens is 310 g/mol. The molecule has 5 rings (SSSR count). The molecule has 1 unspecified atom stereocenters. The number of carbonyl (C=O) groups excluding carboxylic acids is 1. The molecule has 0 bridgehead atoms. The van der Waals surface area contributed by atoms with Crippen LogP contribution in [0.4, 0.5) is 0 Å². The highest BCUT2D eigenvalue weighted by Crippen LogP contribution is 2.39. The molecule has 1 saturated heterocycles. The van der Waals surface area contributed by atoms with Crippen molar-refractivity contribution in [3.8, 4) is 11.1 Å². The fraction of sp³-hybridized carbons (Fsp3) is 0.222. The van der Waals surface area contributed by atoms with Crippen molar-refractivity contribution in [1.29, 1.82) is 0 Å². The fourth-order valence-electron chi connectivity index (χ4n) is 3.72. The molecular formula is C18H14ClN3O. The predicted molar refractivity (Wildman–Crippen MR) is 89.6 cm³/mol. The summed E-state index contributed by atoms with van der Waals surface area (Å²) in [5.74, 6) is 0.121. The first-order valence-electron chi connectivity index (χ1n) is 7.78. The van der Waals surface area contributed by atoms with Gasteiger partial charge in [-0.3, -0.25) is 9.78 Å². The number of hydrogen-bond donors (Lipinski definition) is 0. The highest BCUT2D eigenvalue weighted by Gasteiger charge is 2.41. The summed E-state index contributed by atoms with van der Waals surface area (Å²) >= 11 is 6.02. The standard InChI is InChI=1S/C18H14ClN3O/c19-12-5-3-11(4-6-12)15-16-14(2-1-8-20-16)22-10-13-7-9-21(13)18(23)17(15)22/h1-6,8,13H,7,9-10H2. The smallest absolute Gasteiger partial charge is 0.271 e. The van der Waals surface area contributed by atoms with E-state index in [0.717, 1.165) is 47.4 Å². The Bertz CT molecular complexity index is 945. The van der Waals surface area contributed by atoms with Gasteiger partial charge in [0.1, 0.15) is 5.69 Å². The van der Waals surface area contributed by atoms with E-state index in [0.29, 0.717) is 11.1 Å². The maximum absolute atomic E-state index is 13.0. The molecule has 23 heavy (non-hydrogen) atoms. The zero-order valence-corrected chi connectivity index (χ0v) is 13.1. The maximum atomic E-state index is 13.0. The van der Waals surface area contributed by atoms with Gasteiger partial charge in [0.25, 0.3) is 5.91 Å². The Kier molecular flexibility index (Phi) is 2.62. The van der Waals surface area contributed by atoms with Gasteiger partial charge in [-0.1, -0.05) is 23.7 Å². The molecule has 1 atom stereocenters. The molecule has 5 heteroatoms. The van der Waals surface area contributed by atoms with Crippen molar-refractivity contribution >= 4 is 28.5 Å². The number of carbonyl (C=O) groups is 1. The topological polar surface area (TPSA) is 38.1 Å². The summed E-state index contributed by atoms with van der Waals surface area (Å²) in [6.45, 7) is 1.72. The van der Waals surface area contributed by atoms with E-state index in [2.05, 4.69) is 9.55 Å². The molecule has 4 nitrogen and oxygen atoms in total. The number of pyridine rings is 1. The van der Waals surface area contributed by atoms with Crippen molar-refractivity contribution in [1.82, 2.24) is 14.5 Å². The lowest BCUT2D eigenvalue weighted by Gasteiger charge is -2.45. The number of hydrogen-bond acceptors (Lipinski definition) is 2. The third-order valence-electron chi connectivity index (χ3n) is 4.95. The summed E-state index contributed by atoms with van der Waals surface area (Å²) in [6.07, 6.45) is 2.87. The van der Waals surface area contributed by atoms with Gasteiger partial charge in [-0.2, -0.15) is 0 Å². The van der Waals surface area contributed by atoms with Gasteiger partial charge in [-0.25, -0.2) is 0 Å². The van der Waals surface area contributed by atoms with Crippen LogP contribution in [0.3, 0.4) is 0 Å². The fourth-order valence-corrected chi connectivity index (χ4v) is 3.85. The number of amides is 1. The monoisotopic (exact) mass is 323 g/mol. The molecule has 2 aromatic heterocycles. The van der Waals surface area contributed by atoms with Crippen LogP contribution in [0, 0.1) is 0 Å². The van der Waals surface area contributed by atoms with E-state index in [4.69, 9.17) is 11.6 Å². The van der Waals surface area contributed by atoms with Crippen LogP contribution in [0.2, 0.25) is 5.02 Å². The molecule has 0 N–H and O–H groups in total. The summed E-state index contributed by atoms with van der Waals surface area (Å²) in [5.41, 5.74) is 4.59. The normalized spacial score (nSPS) is 19.4. The predicted octanol–water partition coefficient (Wildman–Crippen LogP) is 3.58. The first-order chi connectivity index (χ1) is 11.2. The zero-order valence-electron chi connectivity index (χ0n) is 12.4. The van der Waals surface area contributed by atoms with Crippen molar-refractivity contribution in [2.75, 3.05) is 6.54 Å². The van der Waals surface area contributed by atoms with E-state index in [1.807, 2.05) is 41.3 Å². The van der Waals surface area contributed by atoms with Crippen molar-refractivity contribution in [3.05, 3.63) is 53.3 Å². The number of fused-ring (bicyclic) bond motifs is 4. The Hall–Kier alpha value is -2.33. The SMILES string of the molecule is O=C1c2c(-c3ccc(Cl)cc3)c3ncccc3n2CC2CCN12. The van der Waals surface area contributed by atoms with Crippen LogP contribution in [-0.2, 0) is 6.54 Å². The van der Waals surface area contributed by atoms with Crippen molar-refractivity contribution in [3.63, 3.8) is 0 Å². The highest BCUT2D eigenvalue weighted by molar-refractivity contribution is 6.30. The second-order valence-corrected chi connectivity index (χ2v) is 6.59. The number of benzene rings is 1. The highest BCUT2D eigenvalue weighted by atomic mass is 35.5. The molecule has 1 aromatic carbocycles. The van der Waals surface area contributed by atoms with E-state index in [-0.39, 0.29) is 5.91 Å². The Labute approximate surface area is 138 Å². The molecule has 0 saturated carbocycles. The summed E-state index contributed by atoms with van der Waals surface area (Å²) < 4.78 is 2.15. The van der Waals surface area contributed by atoms with E-state index >= 15 is 0 Å². The summed E-state index contributed by atoms with van der Waals surface area (Å²) in [7, 11) is 0. The second-order valence-electron chi connectivity index (χ2n) is 6.15. The molecule has 2 aliphatic rings. The summed E-state index contributed by atoms with van der Waals surface area (Å²) in [4.78, 5) is 19.5. The third kappa shape index (κ3) is 1.72. The number of aromatic nitrogens is 2. The minimum absolute atomic E-state index is 0.121. The average Bonchev–Trinajstić information content (AvgIpc) is 2.86. The molecule has 3 aromatic rings. The molecule has 1 fully saturated rings. The average molecular weight is 324 g/mol. The van der Waals surface area contributed by atoms with Crippen molar-refractivity contribution in [2.24, 2.45) is 0 Å². The molecule has 4 heterocycles. The Morgan fingerprint density at radius 1 is 1.17 bits per heavy atom. The number of rotatable bonds is 1. The lowest BCUT2D eigenvalue weighted by atomic mass is 9.97. The van der Waals surface area contributed by atoms with Gasteiger partial charge < -0.3 is 9.47 Å². The first-order valence-corrected chi connectivity index (χ1v) is 8.16. The Morgan fingerprint density at radius 2 is 2.00 bits per heavy atom. The van der Waals surface area contributed by atoms with Gasteiger partial charge in [-0.05, 0) is 36.2 Å². The Balaban J connectivity index is 1.85. The van der Waals surface area contributed by atoms with E-state index < -0.39 is 0 Å². The van der Waals surface area contributed by atoms with Gasteiger partial charge in [0, 0.05) is 29.9 Å². The van der Waals surface area contributed by atoms with Gasteiger partial charge in [0.15, 0.2) is 0 Å². The van der Waals surface area contributed by atoms with Crippen LogP contribution in [0.1, 0.15) is 16.9 Å². The van der Waals surface area contributed by atoms with Crippen LogP contribution in [-0.4, -0.2) is 32.9 Å². The van der Waals surface area contributed by atoms with Crippen LogP contribution in [0.25, 0.3) is 22.2 Å². The zero-order chi connectivity index (χ0) is 15.6. The minimum atomic E-state index is 0.121. The molecule has 1 amide bonds. The van der Waals surface area contributed by atoms with E-state index in [9.17, 15) is 4.79 Å². The van der Waals surface area contributed by atoms with Crippen molar-refractivity contribution in [2.45, 2.75) is 19.0 Å². The number of halogens is 1. The summed E-state index contributed by atoms with van der Waals surface area (Å²) in [5, 5.41) is 0.688. The molecule has 0 aliphatic carbocycles. The Morgan fingerprint density at radius 3 is 2.74 bits per heavy atom. The van der Waals surface area contributed by atoms with Gasteiger partial charge in [-0.15, -0.1) is 0 Å². The van der Waals surface area contributed by atoms with Crippen LogP contribution >= 0.6 is 11.6 Å². The van der Waals surface area contributed by atoms with Gasteiger partial charge in [0.2, 0.25) is 0 Å².